The third-order valence-electron chi connectivity index (χ3n) is 4.26. The third-order valence-corrected chi connectivity index (χ3v) is 4.26. The van der Waals surface area contributed by atoms with Crippen LogP contribution in [0.1, 0.15) is 46.0 Å². The van der Waals surface area contributed by atoms with Gasteiger partial charge in [-0.25, -0.2) is 0 Å². The number of rotatable bonds is 6. The molecule has 0 bridgehead atoms. The van der Waals surface area contributed by atoms with Gasteiger partial charge in [0.15, 0.2) is 0 Å². The van der Waals surface area contributed by atoms with E-state index in [1.54, 1.807) is 0 Å². The molecular weight excluding hydrogens is 228 g/mol. The molecule has 0 amide bonds. The summed E-state index contributed by atoms with van der Waals surface area (Å²) in [4.78, 5) is 14.2. The van der Waals surface area contributed by atoms with Crippen LogP contribution < -0.4 is 5.32 Å². The van der Waals surface area contributed by atoms with Gasteiger partial charge in [0.2, 0.25) is 0 Å². The summed E-state index contributed by atoms with van der Waals surface area (Å²) in [7, 11) is 1.48. The molecule has 0 aromatic heterocycles. The molecule has 4 nitrogen and oxygen atoms in total. The molecule has 0 aromatic rings. The predicted octanol–water partition coefficient (Wildman–Crippen LogP) is 1.54. The van der Waals surface area contributed by atoms with E-state index in [0.29, 0.717) is 11.6 Å². The summed E-state index contributed by atoms with van der Waals surface area (Å²) in [6, 6.07) is 0.416. The quantitative estimate of drug-likeness (QED) is 0.730. The second kappa shape index (κ2) is 5.57. The summed E-state index contributed by atoms with van der Waals surface area (Å²) >= 11 is 0. The second-order valence-electron chi connectivity index (χ2n) is 6.21. The Morgan fingerprint density at radius 2 is 2.22 bits per heavy atom. The van der Waals surface area contributed by atoms with Gasteiger partial charge < -0.3 is 10.1 Å². The highest BCUT2D eigenvalue weighted by Gasteiger charge is 2.34. The molecule has 104 valence electrons. The zero-order valence-corrected chi connectivity index (χ0v) is 11.9. The third kappa shape index (κ3) is 3.45. The van der Waals surface area contributed by atoms with E-state index in [0.717, 1.165) is 19.5 Å². The van der Waals surface area contributed by atoms with Crippen LogP contribution >= 0.6 is 0 Å². The highest BCUT2D eigenvalue weighted by Crippen LogP contribution is 2.28. The van der Waals surface area contributed by atoms with Gasteiger partial charge in [-0.1, -0.05) is 0 Å². The molecule has 0 radical (unpaired) electrons. The summed E-state index contributed by atoms with van der Waals surface area (Å²) in [5, 5.41) is 3.39. The highest BCUT2D eigenvalue weighted by atomic mass is 16.5. The zero-order valence-electron chi connectivity index (χ0n) is 11.9. The standard InChI is InChI=1S/C14H26N2O2/c1-14(2)8-4-9-16(14)10-7-12(13(17)18-3)15-11-5-6-11/h11-12,15H,4-10H2,1-3H3. The first kappa shape index (κ1) is 13.8. The molecule has 1 aliphatic heterocycles. The number of carbonyl (C=O) groups excluding carboxylic acids is 1. The van der Waals surface area contributed by atoms with Gasteiger partial charge in [-0.3, -0.25) is 9.69 Å². The minimum atomic E-state index is -0.126. The summed E-state index contributed by atoms with van der Waals surface area (Å²) in [5.74, 6) is -0.112. The predicted molar refractivity (Wildman–Crippen MR) is 71.5 cm³/mol. The van der Waals surface area contributed by atoms with Crippen LogP contribution in [0.2, 0.25) is 0 Å². The average molecular weight is 254 g/mol. The maximum atomic E-state index is 11.7. The minimum absolute atomic E-state index is 0.112. The molecule has 18 heavy (non-hydrogen) atoms. The van der Waals surface area contributed by atoms with Crippen molar-refractivity contribution in [1.29, 1.82) is 0 Å². The zero-order chi connectivity index (χ0) is 13.2. The Morgan fingerprint density at radius 1 is 1.50 bits per heavy atom. The van der Waals surface area contributed by atoms with E-state index in [2.05, 4.69) is 24.1 Å². The fourth-order valence-electron chi connectivity index (χ4n) is 2.81. The molecule has 0 aromatic carbocycles. The number of carbonyl (C=O) groups is 1. The molecule has 1 heterocycles. The molecule has 4 heteroatoms. The van der Waals surface area contributed by atoms with E-state index in [9.17, 15) is 4.79 Å². The van der Waals surface area contributed by atoms with Crippen molar-refractivity contribution in [1.82, 2.24) is 10.2 Å². The molecule has 1 saturated heterocycles. The topological polar surface area (TPSA) is 41.6 Å². The van der Waals surface area contributed by atoms with E-state index in [4.69, 9.17) is 4.74 Å². The van der Waals surface area contributed by atoms with Gasteiger partial charge in [-0.05, 0) is 52.5 Å². The number of nitrogens with one attached hydrogen (secondary N) is 1. The molecule has 2 rings (SSSR count). The van der Waals surface area contributed by atoms with Crippen molar-refractivity contribution in [3.63, 3.8) is 0 Å². The number of ether oxygens (including phenoxy) is 1. The van der Waals surface area contributed by atoms with Crippen molar-refractivity contribution in [2.75, 3.05) is 20.2 Å². The number of hydrogen-bond donors (Lipinski definition) is 1. The second-order valence-corrected chi connectivity index (χ2v) is 6.21. The van der Waals surface area contributed by atoms with Gasteiger partial charge >= 0.3 is 5.97 Å². The highest BCUT2D eigenvalue weighted by molar-refractivity contribution is 5.75. The van der Waals surface area contributed by atoms with Gasteiger partial charge in [-0.2, -0.15) is 0 Å². The normalized spacial score (nSPS) is 25.1. The van der Waals surface area contributed by atoms with Crippen LogP contribution in [0, 0.1) is 0 Å². The van der Waals surface area contributed by atoms with E-state index >= 15 is 0 Å². The van der Waals surface area contributed by atoms with E-state index in [1.807, 2.05) is 0 Å². The average Bonchev–Trinajstić information content (AvgIpc) is 3.08. The van der Waals surface area contributed by atoms with E-state index in [-0.39, 0.29) is 12.0 Å². The van der Waals surface area contributed by atoms with Gasteiger partial charge in [0.05, 0.1) is 7.11 Å². The Kier molecular flexibility index (Phi) is 4.28. The molecule has 2 fully saturated rings. The number of likely N-dealkylation sites (tertiary alicyclic amines) is 1. The number of methoxy groups -OCH3 is 1. The van der Waals surface area contributed by atoms with Gasteiger partial charge in [0, 0.05) is 18.1 Å². The van der Waals surface area contributed by atoms with Crippen LogP contribution in [0.5, 0.6) is 0 Å². The Balaban J connectivity index is 1.82. The van der Waals surface area contributed by atoms with Gasteiger partial charge in [0.1, 0.15) is 6.04 Å². The Bertz CT molecular complexity index is 300. The lowest BCUT2D eigenvalue weighted by atomic mass is 10.0. The number of esters is 1. The molecular formula is C14H26N2O2. The summed E-state index contributed by atoms with van der Waals surface area (Å²) < 4.78 is 4.89. The van der Waals surface area contributed by atoms with Crippen LogP contribution in [0.25, 0.3) is 0 Å². The summed E-state index contributed by atoms with van der Waals surface area (Å²) in [6.45, 7) is 6.72. The van der Waals surface area contributed by atoms with Crippen LogP contribution in [0.4, 0.5) is 0 Å². The maximum Gasteiger partial charge on any atom is 0.322 e. The first-order valence-corrected chi connectivity index (χ1v) is 7.12. The largest absolute Gasteiger partial charge is 0.468 e. The van der Waals surface area contributed by atoms with Gasteiger partial charge in [0.25, 0.3) is 0 Å². The van der Waals surface area contributed by atoms with Crippen molar-refractivity contribution in [3.8, 4) is 0 Å². The fourth-order valence-corrected chi connectivity index (χ4v) is 2.81. The molecule has 1 N–H and O–H groups in total. The Morgan fingerprint density at radius 3 is 2.72 bits per heavy atom. The van der Waals surface area contributed by atoms with E-state index in [1.165, 1.54) is 32.8 Å². The molecule has 0 spiro atoms. The monoisotopic (exact) mass is 254 g/mol. The van der Waals surface area contributed by atoms with Crippen molar-refractivity contribution < 1.29 is 9.53 Å². The van der Waals surface area contributed by atoms with Crippen molar-refractivity contribution in [3.05, 3.63) is 0 Å². The SMILES string of the molecule is COC(=O)C(CCN1CCCC1(C)C)NC1CC1. The first-order chi connectivity index (χ1) is 8.53. The van der Waals surface area contributed by atoms with Crippen LogP contribution in [0.3, 0.4) is 0 Å². The minimum Gasteiger partial charge on any atom is -0.468 e. The molecule has 1 atom stereocenters. The summed E-state index contributed by atoms with van der Waals surface area (Å²) in [6.07, 6.45) is 5.77. The van der Waals surface area contributed by atoms with Crippen LogP contribution in [-0.2, 0) is 9.53 Å². The summed E-state index contributed by atoms with van der Waals surface area (Å²) in [5.41, 5.74) is 0.292. The molecule has 1 saturated carbocycles. The van der Waals surface area contributed by atoms with Crippen LogP contribution in [0.15, 0.2) is 0 Å². The Hall–Kier alpha value is -0.610. The van der Waals surface area contributed by atoms with Crippen molar-refractivity contribution >= 4 is 5.97 Å². The molecule has 1 unspecified atom stereocenters. The molecule has 1 aliphatic carbocycles. The first-order valence-electron chi connectivity index (χ1n) is 7.12. The van der Waals surface area contributed by atoms with Crippen molar-refractivity contribution in [2.24, 2.45) is 0 Å². The van der Waals surface area contributed by atoms with Crippen LogP contribution in [-0.4, -0.2) is 48.7 Å². The number of hydrogen-bond acceptors (Lipinski definition) is 4. The van der Waals surface area contributed by atoms with Gasteiger partial charge in [-0.15, -0.1) is 0 Å². The lowest BCUT2D eigenvalue weighted by Crippen LogP contribution is -2.44. The lowest BCUT2D eigenvalue weighted by Gasteiger charge is -2.32. The lowest BCUT2D eigenvalue weighted by molar-refractivity contribution is -0.143. The Labute approximate surface area is 110 Å². The number of nitrogens with zero attached hydrogens (tertiary/aromatic N) is 1. The molecule has 2 aliphatic rings. The maximum absolute atomic E-state index is 11.7. The van der Waals surface area contributed by atoms with Crippen molar-refractivity contribution in [2.45, 2.75) is 63.6 Å². The van der Waals surface area contributed by atoms with E-state index < -0.39 is 0 Å². The smallest absolute Gasteiger partial charge is 0.322 e. The fraction of sp³-hybridized carbons (Fsp3) is 0.929.